The molecule has 1 saturated heterocycles. The molecule has 1 N–H and O–H groups in total. The predicted octanol–water partition coefficient (Wildman–Crippen LogP) is 1.85. The average molecular weight is 313 g/mol. The van der Waals surface area contributed by atoms with Crippen LogP contribution >= 0.6 is 0 Å². The molecule has 6 heteroatoms. The van der Waals surface area contributed by atoms with Gasteiger partial charge in [-0.25, -0.2) is 4.79 Å². The number of piperidine rings is 1. The molecule has 1 aliphatic rings. The summed E-state index contributed by atoms with van der Waals surface area (Å²) >= 11 is 0. The molecule has 0 saturated carbocycles. The van der Waals surface area contributed by atoms with E-state index in [0.717, 1.165) is 38.8 Å². The second-order valence-corrected chi connectivity index (χ2v) is 5.80. The van der Waals surface area contributed by atoms with Gasteiger partial charge in [-0.3, -0.25) is 9.69 Å². The summed E-state index contributed by atoms with van der Waals surface area (Å²) in [4.78, 5) is 27.7. The average Bonchev–Trinajstić information content (AvgIpc) is 2.48. The minimum absolute atomic E-state index is 0.0940. The molecule has 1 aliphatic heterocycles. The number of likely N-dealkylation sites (tertiary alicyclic amines) is 1. The third kappa shape index (κ3) is 6.64. The lowest BCUT2D eigenvalue weighted by Gasteiger charge is -2.32. The highest BCUT2D eigenvalue weighted by Gasteiger charge is 2.24. The summed E-state index contributed by atoms with van der Waals surface area (Å²) in [6.45, 7) is 10.2. The molecule has 1 heterocycles. The van der Waals surface area contributed by atoms with Crippen molar-refractivity contribution < 1.29 is 14.3 Å². The molecule has 0 atom stereocenters. The van der Waals surface area contributed by atoms with Crippen molar-refractivity contribution in [3.05, 3.63) is 0 Å². The van der Waals surface area contributed by atoms with Crippen LogP contribution in [0.3, 0.4) is 0 Å². The molecule has 1 rings (SSSR count). The molecule has 128 valence electrons. The van der Waals surface area contributed by atoms with Crippen LogP contribution in [0.5, 0.6) is 0 Å². The monoisotopic (exact) mass is 313 g/mol. The molecule has 2 amide bonds. The second-order valence-electron chi connectivity index (χ2n) is 5.80. The molecule has 0 aromatic carbocycles. The Kier molecular flexibility index (Phi) is 8.89. The molecule has 22 heavy (non-hydrogen) atoms. The Hall–Kier alpha value is -1.30. The van der Waals surface area contributed by atoms with Crippen molar-refractivity contribution in [1.29, 1.82) is 0 Å². The van der Waals surface area contributed by atoms with E-state index in [1.54, 1.807) is 4.90 Å². The Morgan fingerprint density at radius 2 is 1.73 bits per heavy atom. The van der Waals surface area contributed by atoms with E-state index in [1.807, 2.05) is 6.92 Å². The fourth-order valence-electron chi connectivity index (χ4n) is 2.80. The number of nitrogens with zero attached hydrogens (tertiary/aromatic N) is 2. The van der Waals surface area contributed by atoms with E-state index in [-0.39, 0.29) is 18.0 Å². The van der Waals surface area contributed by atoms with E-state index in [1.165, 1.54) is 0 Å². The zero-order valence-corrected chi connectivity index (χ0v) is 14.3. The van der Waals surface area contributed by atoms with Gasteiger partial charge in [-0.1, -0.05) is 13.8 Å². The van der Waals surface area contributed by atoms with Crippen molar-refractivity contribution in [3.8, 4) is 0 Å². The minimum Gasteiger partial charge on any atom is -0.450 e. The number of nitrogens with one attached hydrogen (secondary N) is 1. The van der Waals surface area contributed by atoms with Crippen LogP contribution in [0.1, 0.15) is 46.5 Å². The van der Waals surface area contributed by atoms with E-state index in [0.29, 0.717) is 26.2 Å². The lowest BCUT2D eigenvalue weighted by atomic mass is 10.1. The molecule has 0 unspecified atom stereocenters. The molecular formula is C16H31N3O3. The summed E-state index contributed by atoms with van der Waals surface area (Å²) in [6, 6.07) is 0.170. The zero-order valence-electron chi connectivity index (χ0n) is 14.3. The van der Waals surface area contributed by atoms with Crippen molar-refractivity contribution in [2.75, 3.05) is 39.3 Å². The van der Waals surface area contributed by atoms with Crippen molar-refractivity contribution in [2.45, 2.75) is 52.5 Å². The first kappa shape index (κ1) is 18.7. The maximum atomic E-state index is 12.1. The smallest absolute Gasteiger partial charge is 0.409 e. The summed E-state index contributed by atoms with van der Waals surface area (Å²) in [5.74, 6) is 0.0940. The number of amides is 2. The normalized spacial score (nSPS) is 15.9. The molecule has 1 fully saturated rings. The summed E-state index contributed by atoms with van der Waals surface area (Å²) in [5.41, 5.74) is 0. The number of carbonyl (C=O) groups excluding carboxylic acids is 2. The number of carbonyl (C=O) groups is 2. The van der Waals surface area contributed by atoms with Gasteiger partial charge < -0.3 is 15.0 Å². The van der Waals surface area contributed by atoms with Crippen LogP contribution in [0.2, 0.25) is 0 Å². The molecule has 0 aromatic rings. The standard InChI is InChI=1S/C16H31N3O3/c1-4-9-18(10-5-2)13-15(20)17-14-7-11-19(12-8-14)16(21)22-6-3/h14H,4-13H2,1-3H3,(H,17,20). The number of ether oxygens (including phenoxy) is 1. The highest BCUT2D eigenvalue weighted by Crippen LogP contribution is 2.11. The van der Waals surface area contributed by atoms with Crippen LogP contribution in [0.15, 0.2) is 0 Å². The Morgan fingerprint density at radius 1 is 1.14 bits per heavy atom. The van der Waals surface area contributed by atoms with Gasteiger partial charge in [0.25, 0.3) is 0 Å². The minimum atomic E-state index is -0.246. The lowest BCUT2D eigenvalue weighted by molar-refractivity contribution is -0.123. The fraction of sp³-hybridized carbons (Fsp3) is 0.875. The van der Waals surface area contributed by atoms with Crippen molar-refractivity contribution in [1.82, 2.24) is 15.1 Å². The van der Waals surface area contributed by atoms with Gasteiger partial charge in [0.1, 0.15) is 0 Å². The Morgan fingerprint density at radius 3 is 2.23 bits per heavy atom. The van der Waals surface area contributed by atoms with Gasteiger partial charge in [-0.05, 0) is 45.7 Å². The van der Waals surface area contributed by atoms with Crippen molar-refractivity contribution >= 4 is 12.0 Å². The summed E-state index contributed by atoms with van der Waals surface area (Å²) in [5, 5.41) is 3.10. The van der Waals surface area contributed by atoms with Crippen molar-refractivity contribution in [3.63, 3.8) is 0 Å². The van der Waals surface area contributed by atoms with Crippen LogP contribution in [0.4, 0.5) is 4.79 Å². The van der Waals surface area contributed by atoms with Crippen LogP contribution in [-0.2, 0) is 9.53 Å². The third-order valence-corrected chi connectivity index (χ3v) is 3.83. The zero-order chi connectivity index (χ0) is 16.4. The van der Waals surface area contributed by atoms with Gasteiger partial charge in [0.2, 0.25) is 5.91 Å². The molecule has 0 spiro atoms. The predicted molar refractivity (Wildman–Crippen MR) is 86.8 cm³/mol. The Bertz CT molecular complexity index is 336. The topological polar surface area (TPSA) is 61.9 Å². The van der Waals surface area contributed by atoms with E-state index in [9.17, 15) is 9.59 Å². The Labute approximate surface area is 134 Å². The first-order chi connectivity index (χ1) is 10.6. The quantitative estimate of drug-likeness (QED) is 0.743. The molecular weight excluding hydrogens is 282 g/mol. The maximum Gasteiger partial charge on any atom is 0.409 e. The van der Waals surface area contributed by atoms with Crippen LogP contribution < -0.4 is 5.32 Å². The highest BCUT2D eigenvalue weighted by atomic mass is 16.6. The SMILES string of the molecule is CCCN(CCC)CC(=O)NC1CCN(C(=O)OCC)CC1. The molecule has 0 bridgehead atoms. The first-order valence-corrected chi connectivity index (χ1v) is 8.54. The maximum absolute atomic E-state index is 12.1. The molecule has 6 nitrogen and oxygen atoms in total. The summed E-state index contributed by atoms with van der Waals surface area (Å²) in [6.07, 6.45) is 3.47. The van der Waals surface area contributed by atoms with Gasteiger partial charge in [0.05, 0.1) is 13.2 Å². The van der Waals surface area contributed by atoms with Gasteiger partial charge in [-0.15, -0.1) is 0 Å². The van der Waals surface area contributed by atoms with Crippen LogP contribution in [0, 0.1) is 0 Å². The molecule has 0 radical (unpaired) electrons. The van der Waals surface area contributed by atoms with Crippen molar-refractivity contribution in [2.24, 2.45) is 0 Å². The van der Waals surface area contributed by atoms with Gasteiger partial charge in [-0.2, -0.15) is 0 Å². The van der Waals surface area contributed by atoms with Crippen LogP contribution in [-0.4, -0.2) is 67.2 Å². The highest BCUT2D eigenvalue weighted by molar-refractivity contribution is 5.78. The molecule has 0 aliphatic carbocycles. The second kappa shape index (κ2) is 10.4. The van der Waals surface area contributed by atoms with Crippen LogP contribution in [0.25, 0.3) is 0 Å². The van der Waals surface area contributed by atoms with E-state index >= 15 is 0 Å². The number of hydrogen-bond acceptors (Lipinski definition) is 4. The van der Waals surface area contributed by atoms with E-state index in [4.69, 9.17) is 4.74 Å². The lowest BCUT2D eigenvalue weighted by Crippen LogP contribution is -2.49. The largest absolute Gasteiger partial charge is 0.450 e. The third-order valence-electron chi connectivity index (χ3n) is 3.83. The number of rotatable bonds is 8. The summed E-state index contributed by atoms with van der Waals surface area (Å²) < 4.78 is 5.00. The van der Waals surface area contributed by atoms with E-state index < -0.39 is 0 Å². The Balaban J connectivity index is 2.30. The van der Waals surface area contributed by atoms with Gasteiger partial charge in [0.15, 0.2) is 0 Å². The fourth-order valence-corrected chi connectivity index (χ4v) is 2.80. The molecule has 0 aromatic heterocycles. The summed E-state index contributed by atoms with van der Waals surface area (Å²) in [7, 11) is 0. The van der Waals surface area contributed by atoms with Gasteiger partial charge in [0, 0.05) is 19.1 Å². The first-order valence-electron chi connectivity index (χ1n) is 8.54. The number of hydrogen-bond donors (Lipinski definition) is 1. The van der Waals surface area contributed by atoms with Gasteiger partial charge >= 0.3 is 6.09 Å². The van der Waals surface area contributed by atoms with E-state index in [2.05, 4.69) is 24.1 Å².